The zero-order chi connectivity index (χ0) is 7.56. The summed E-state index contributed by atoms with van der Waals surface area (Å²) < 4.78 is 0. The number of aliphatic hydroxyl groups is 1. The molecule has 1 aromatic heterocycles. The van der Waals surface area contributed by atoms with Crippen molar-refractivity contribution in [1.82, 2.24) is 0 Å². The summed E-state index contributed by atoms with van der Waals surface area (Å²) in [5.41, 5.74) is 7.38. The van der Waals surface area contributed by atoms with E-state index in [0.717, 1.165) is 11.1 Å². The molecule has 56 valence electrons. The highest BCUT2D eigenvalue weighted by Crippen LogP contribution is 2.20. The second-order valence-corrected chi connectivity index (χ2v) is 3.01. The Morgan fingerprint density at radius 1 is 1.70 bits per heavy atom. The van der Waals surface area contributed by atoms with Crippen LogP contribution in [0, 0.1) is 6.92 Å². The second-order valence-electron chi connectivity index (χ2n) is 2.26. The number of hydrogen-bond acceptors (Lipinski definition) is 3. The lowest BCUT2D eigenvalue weighted by Gasteiger charge is -2.05. The van der Waals surface area contributed by atoms with Gasteiger partial charge in [0.05, 0.1) is 6.10 Å². The van der Waals surface area contributed by atoms with Crippen molar-refractivity contribution in [2.75, 3.05) is 6.54 Å². The molecule has 1 atom stereocenters. The van der Waals surface area contributed by atoms with Crippen LogP contribution in [0.2, 0.25) is 0 Å². The van der Waals surface area contributed by atoms with E-state index in [-0.39, 0.29) is 0 Å². The van der Waals surface area contributed by atoms with Crippen LogP contribution >= 0.6 is 11.3 Å². The smallest absolute Gasteiger partial charge is 0.0922 e. The maximum atomic E-state index is 9.28. The van der Waals surface area contributed by atoms with Gasteiger partial charge in [0.2, 0.25) is 0 Å². The minimum Gasteiger partial charge on any atom is -0.387 e. The molecule has 1 aromatic rings. The monoisotopic (exact) mass is 157 g/mol. The van der Waals surface area contributed by atoms with Gasteiger partial charge in [-0.15, -0.1) is 0 Å². The summed E-state index contributed by atoms with van der Waals surface area (Å²) in [4.78, 5) is 0. The van der Waals surface area contributed by atoms with Gasteiger partial charge in [-0.3, -0.25) is 0 Å². The van der Waals surface area contributed by atoms with Gasteiger partial charge in [0.15, 0.2) is 0 Å². The fourth-order valence-corrected chi connectivity index (χ4v) is 1.74. The summed E-state index contributed by atoms with van der Waals surface area (Å²) in [5.74, 6) is 0. The molecule has 10 heavy (non-hydrogen) atoms. The molecule has 0 aliphatic rings. The molecule has 3 heteroatoms. The van der Waals surface area contributed by atoms with Crippen molar-refractivity contribution in [3.8, 4) is 0 Å². The highest BCUT2D eigenvalue weighted by Gasteiger charge is 2.07. The molecule has 1 heterocycles. The van der Waals surface area contributed by atoms with E-state index < -0.39 is 6.10 Å². The van der Waals surface area contributed by atoms with Crippen molar-refractivity contribution in [3.05, 3.63) is 21.9 Å². The van der Waals surface area contributed by atoms with E-state index in [0.29, 0.717) is 6.54 Å². The summed E-state index contributed by atoms with van der Waals surface area (Å²) in [6.07, 6.45) is -0.480. The topological polar surface area (TPSA) is 46.2 Å². The predicted molar refractivity (Wildman–Crippen MR) is 43.1 cm³/mol. The fraction of sp³-hybridized carbons (Fsp3) is 0.429. The normalized spacial score (nSPS) is 13.5. The third-order valence-corrected chi connectivity index (χ3v) is 2.36. The van der Waals surface area contributed by atoms with Crippen LogP contribution in [0.1, 0.15) is 17.2 Å². The first-order valence-electron chi connectivity index (χ1n) is 3.16. The molecule has 0 unspecified atom stereocenters. The van der Waals surface area contributed by atoms with E-state index in [1.54, 1.807) is 11.3 Å². The van der Waals surface area contributed by atoms with Crippen LogP contribution in [0.5, 0.6) is 0 Å². The minimum atomic E-state index is -0.480. The molecule has 1 rings (SSSR count). The van der Waals surface area contributed by atoms with Gasteiger partial charge in [0.25, 0.3) is 0 Å². The number of nitrogens with two attached hydrogens (primary N) is 1. The van der Waals surface area contributed by atoms with Crippen molar-refractivity contribution in [2.24, 2.45) is 5.73 Å². The Balaban J connectivity index is 2.82. The lowest BCUT2D eigenvalue weighted by molar-refractivity contribution is 0.186. The van der Waals surface area contributed by atoms with Crippen LogP contribution in [0.15, 0.2) is 10.8 Å². The average Bonchev–Trinajstić information content (AvgIpc) is 2.34. The number of hydrogen-bond donors (Lipinski definition) is 2. The van der Waals surface area contributed by atoms with Gasteiger partial charge in [-0.25, -0.2) is 0 Å². The first-order chi connectivity index (χ1) is 4.75. The molecule has 0 aromatic carbocycles. The minimum absolute atomic E-state index is 0.303. The van der Waals surface area contributed by atoms with Crippen molar-refractivity contribution in [3.63, 3.8) is 0 Å². The summed E-state index contributed by atoms with van der Waals surface area (Å²) in [6, 6.07) is 0. The molecule has 0 bridgehead atoms. The Morgan fingerprint density at radius 3 is 2.80 bits per heavy atom. The molecule has 2 nitrogen and oxygen atoms in total. The summed E-state index contributed by atoms with van der Waals surface area (Å²) in [6.45, 7) is 2.28. The largest absolute Gasteiger partial charge is 0.387 e. The van der Waals surface area contributed by atoms with E-state index in [1.165, 1.54) is 0 Å². The number of aryl methyl sites for hydroxylation is 1. The third kappa shape index (κ3) is 1.37. The van der Waals surface area contributed by atoms with Crippen molar-refractivity contribution >= 4 is 11.3 Å². The van der Waals surface area contributed by atoms with E-state index >= 15 is 0 Å². The quantitative estimate of drug-likeness (QED) is 0.674. The van der Waals surface area contributed by atoms with Gasteiger partial charge in [0, 0.05) is 6.54 Å². The second kappa shape index (κ2) is 3.14. The summed E-state index contributed by atoms with van der Waals surface area (Å²) in [7, 11) is 0. The maximum Gasteiger partial charge on any atom is 0.0922 e. The van der Waals surface area contributed by atoms with Crippen molar-refractivity contribution in [1.29, 1.82) is 0 Å². The van der Waals surface area contributed by atoms with Crippen molar-refractivity contribution < 1.29 is 5.11 Å². The molecule has 0 spiro atoms. The fourth-order valence-electron chi connectivity index (χ4n) is 0.839. The zero-order valence-electron chi connectivity index (χ0n) is 5.87. The van der Waals surface area contributed by atoms with Crippen LogP contribution in [-0.4, -0.2) is 11.7 Å². The number of rotatable bonds is 2. The molecule has 0 aliphatic heterocycles. The molecule has 0 saturated heterocycles. The Kier molecular flexibility index (Phi) is 2.43. The average molecular weight is 157 g/mol. The number of thiophene rings is 1. The van der Waals surface area contributed by atoms with Gasteiger partial charge in [0.1, 0.15) is 0 Å². The van der Waals surface area contributed by atoms with E-state index in [2.05, 4.69) is 0 Å². The molecular weight excluding hydrogens is 146 g/mol. The lowest BCUT2D eigenvalue weighted by Crippen LogP contribution is -2.11. The molecule has 0 amide bonds. The van der Waals surface area contributed by atoms with Gasteiger partial charge in [-0.1, -0.05) is 0 Å². The zero-order valence-corrected chi connectivity index (χ0v) is 6.69. The first kappa shape index (κ1) is 7.72. The van der Waals surface area contributed by atoms with E-state index in [4.69, 9.17) is 5.73 Å². The molecule has 0 fully saturated rings. The van der Waals surface area contributed by atoms with Crippen LogP contribution in [-0.2, 0) is 0 Å². The first-order valence-corrected chi connectivity index (χ1v) is 4.10. The Labute approximate surface area is 64.3 Å². The molecule has 3 N–H and O–H groups in total. The Bertz CT molecular complexity index is 209. The van der Waals surface area contributed by atoms with Gasteiger partial charge in [-0.05, 0) is 28.8 Å². The lowest BCUT2D eigenvalue weighted by atomic mass is 10.1. The van der Waals surface area contributed by atoms with Crippen LogP contribution in [0.4, 0.5) is 0 Å². The highest BCUT2D eigenvalue weighted by atomic mass is 32.1. The van der Waals surface area contributed by atoms with Gasteiger partial charge in [-0.2, -0.15) is 11.3 Å². The SMILES string of the molecule is Cc1cscc1[C@H](O)CN. The van der Waals surface area contributed by atoms with E-state index in [9.17, 15) is 5.11 Å². The van der Waals surface area contributed by atoms with Gasteiger partial charge < -0.3 is 10.8 Å². The molecular formula is C7H11NOS. The molecule has 0 radical (unpaired) electrons. The third-order valence-electron chi connectivity index (χ3n) is 1.48. The molecule has 0 aliphatic carbocycles. The van der Waals surface area contributed by atoms with Crippen molar-refractivity contribution in [2.45, 2.75) is 13.0 Å². The summed E-state index contributed by atoms with van der Waals surface area (Å²) in [5, 5.41) is 13.2. The van der Waals surface area contributed by atoms with Crippen LogP contribution in [0.25, 0.3) is 0 Å². The van der Waals surface area contributed by atoms with Crippen LogP contribution in [0.3, 0.4) is 0 Å². The Hall–Kier alpha value is -0.380. The Morgan fingerprint density at radius 2 is 2.40 bits per heavy atom. The van der Waals surface area contributed by atoms with E-state index in [1.807, 2.05) is 17.7 Å². The van der Waals surface area contributed by atoms with Gasteiger partial charge >= 0.3 is 0 Å². The predicted octanol–water partition coefficient (Wildman–Crippen LogP) is 1.05. The summed E-state index contributed by atoms with van der Waals surface area (Å²) >= 11 is 1.59. The number of aliphatic hydroxyl groups excluding tert-OH is 1. The molecule has 0 saturated carbocycles. The highest BCUT2D eigenvalue weighted by molar-refractivity contribution is 7.08. The standard InChI is InChI=1S/C7H11NOS/c1-5-3-10-4-6(5)7(9)2-8/h3-4,7,9H,2,8H2,1H3/t7-/m1/s1. The van der Waals surface area contributed by atoms with Crippen LogP contribution < -0.4 is 5.73 Å². The maximum absolute atomic E-state index is 9.28.